The minimum atomic E-state index is 0.432. The van der Waals surface area contributed by atoms with Gasteiger partial charge in [0, 0.05) is 110 Å². The predicted octanol–water partition coefficient (Wildman–Crippen LogP) is 20.4. The quantitative estimate of drug-likeness (QED) is 0.0715. The van der Waals surface area contributed by atoms with Crippen LogP contribution in [0.5, 0.6) is 5.88 Å². The van der Waals surface area contributed by atoms with Crippen LogP contribution in [0.15, 0.2) is 30.7 Å². The SMILES string of the molecule is CC(C)C12CCC[N+]1(C(C)C)CCC2.CC(C)C1=[N+]2CCCC2[N+](C(C)C)=C1.CC(C)N1CCOc2c1ccc[n+]2C(C)C.CC(C)N1CCc2c[n+](C(C)C)sc21.CC(C)c1c2c(n(C(C)C)[n+]1C)CCC2.CC(C)c1c[n+](C(C)C)c2n1CCOC2.CC(C)c1s[n+](C(C)C)c2c1CCC2.CC(C)c1sc2c([n+]1C(C)C)CCC2. The number of anilines is 2. The molecule has 0 radical (unpaired) electrons. The molecule has 116 heavy (non-hydrogen) atoms. The Balaban J connectivity index is 0.000000152. The van der Waals surface area contributed by atoms with E-state index in [-0.39, 0.29) is 0 Å². The van der Waals surface area contributed by atoms with Crippen LogP contribution >= 0.6 is 34.4 Å². The lowest BCUT2D eigenvalue weighted by atomic mass is 9.81. The Labute approximate surface area is 721 Å². The molecular formula is C98H172N13O2S3+9. The summed E-state index contributed by atoms with van der Waals surface area (Å²) in [7, 11) is 2.22. The number of pyridine rings is 1. The molecule has 0 saturated carbocycles. The van der Waals surface area contributed by atoms with Crippen LogP contribution in [-0.2, 0) is 69.9 Å². The highest BCUT2D eigenvalue weighted by molar-refractivity contribution is 7.11. The maximum absolute atomic E-state index is 5.82. The highest BCUT2D eigenvalue weighted by atomic mass is 32.1. The van der Waals surface area contributed by atoms with Crippen LogP contribution in [0.2, 0.25) is 0 Å². The summed E-state index contributed by atoms with van der Waals surface area (Å²) >= 11 is 5.95. The number of nitrogens with zero attached hydrogens (tertiary/aromatic N) is 13. The lowest BCUT2D eigenvalue weighted by molar-refractivity contribution is -0.974. The molecule has 0 spiro atoms. The average molecular weight is 1660 g/mol. The van der Waals surface area contributed by atoms with Gasteiger partial charge in [0.05, 0.1) is 71.8 Å². The summed E-state index contributed by atoms with van der Waals surface area (Å²) in [5.74, 6) is 6.47. The maximum atomic E-state index is 5.82. The van der Waals surface area contributed by atoms with Crippen molar-refractivity contribution in [2.24, 2.45) is 18.9 Å². The number of aromatic nitrogens is 8. The van der Waals surface area contributed by atoms with Crippen molar-refractivity contribution in [3.8, 4) is 5.88 Å². The van der Waals surface area contributed by atoms with Crippen LogP contribution in [0.4, 0.5) is 10.7 Å². The van der Waals surface area contributed by atoms with Crippen LogP contribution in [0.25, 0.3) is 0 Å². The molecule has 0 aromatic carbocycles. The zero-order chi connectivity index (χ0) is 85.4. The second-order valence-corrected chi connectivity index (χ2v) is 43.3. The summed E-state index contributed by atoms with van der Waals surface area (Å²) in [5, 5.41) is 3.07. The fraction of sp³-hybridized carbons (Fsp3) is 0.776. The standard InChI is InChI=1S/C13H21N2O.C13H23N2.C13H26N.C12H21N2O.C12H22N2.2C12H20NS.C11H19N2S/c1-10(2)14-8-9-16-13-12(14)6-5-7-15(13)11(3)4;1-9(2)13-11-7-6-8-12(11)15(10(3)4)14(13)5;1-11(2)13-7-5-9-14(13,12(3)4)10-6-8-13;1-9(2)11-7-14(10(3)4)12-8-15-6-5-13(11)12;1-9(2)11-8-14(10(3)4)12-6-5-7-13(11)12;1-8(2)12-13(9(3)4)10-6-5-7-11(10)14-12;1-8(2)12-10-6-5-7-11(10)13(14-12)9(3)4;1-8(2)12-6-5-10-7-13(9(3)4)14-11(10)12/h5-7,10-11H,8-9H2,1-4H3;9-10H,6-8H2,1-5H3;11-12H,5-10H2,1-4H3;7,9-10H,5-6,8H2,1-4H3;8-10,12H,5-7H2,1-4H3;2*8-9H,5-7H2,1-4H3;7-9H,5-6H2,1-4H3/q4*+1;+2;3*+1. The first kappa shape index (κ1) is 95.0. The van der Waals surface area contributed by atoms with Gasteiger partial charge in [0.25, 0.3) is 5.82 Å². The first-order valence-electron chi connectivity index (χ1n) is 47.1. The Bertz CT molecular complexity index is 4080. The second kappa shape index (κ2) is 41.3. The van der Waals surface area contributed by atoms with Gasteiger partial charge in [-0.25, -0.2) is 9.13 Å². The van der Waals surface area contributed by atoms with E-state index in [1.54, 1.807) is 54.4 Å². The molecule has 7 aliphatic heterocycles. The molecule has 0 amide bonds. The van der Waals surface area contributed by atoms with Crippen molar-refractivity contribution in [3.05, 3.63) is 96.5 Å². The number of fused-ring (bicyclic) bond motifs is 8. The van der Waals surface area contributed by atoms with E-state index < -0.39 is 0 Å². The number of ether oxygens (including phenoxy) is 2. The van der Waals surface area contributed by atoms with Gasteiger partial charge >= 0.3 is 12.0 Å². The normalized spacial score (nSPS) is 20.1. The van der Waals surface area contributed by atoms with E-state index in [2.05, 4.69) is 320 Å². The smallest absolute Gasteiger partial charge is 0.392 e. The zero-order valence-electron chi connectivity index (χ0n) is 80.3. The number of aryl methyl sites for hydroxylation is 1. The van der Waals surface area contributed by atoms with E-state index in [0.29, 0.717) is 95.7 Å². The molecule has 6 aromatic heterocycles. The van der Waals surface area contributed by atoms with Crippen LogP contribution in [0.3, 0.4) is 0 Å². The van der Waals surface area contributed by atoms with Crippen LogP contribution in [0.1, 0.15) is 405 Å². The van der Waals surface area contributed by atoms with Crippen molar-refractivity contribution >= 4 is 57.0 Å². The molecule has 6 aromatic rings. The summed E-state index contributed by atoms with van der Waals surface area (Å²) in [6, 6.07) is 10.3. The van der Waals surface area contributed by atoms with Crippen molar-refractivity contribution in [2.75, 3.05) is 55.7 Å². The fourth-order valence-corrected chi connectivity index (χ4v) is 25.3. The summed E-state index contributed by atoms with van der Waals surface area (Å²) in [4.78, 5) is 8.20. The third-order valence-electron chi connectivity index (χ3n) is 26.8. The van der Waals surface area contributed by atoms with Gasteiger partial charge in [-0.15, -0.1) is 12.6 Å². The van der Waals surface area contributed by atoms with Crippen molar-refractivity contribution in [1.29, 1.82) is 0 Å². The van der Waals surface area contributed by atoms with Crippen LogP contribution in [0, 0.1) is 11.8 Å². The van der Waals surface area contributed by atoms with Gasteiger partial charge in [-0.3, -0.25) is 0 Å². The van der Waals surface area contributed by atoms with E-state index in [0.717, 1.165) is 50.7 Å². The first-order chi connectivity index (χ1) is 54.7. The molecule has 10 aliphatic rings. The molecular weight excluding hydrogens is 1490 g/mol. The molecule has 18 heteroatoms. The van der Waals surface area contributed by atoms with Gasteiger partial charge in [0.15, 0.2) is 89.8 Å². The van der Waals surface area contributed by atoms with E-state index in [1.165, 1.54) is 161 Å². The number of thiazole rings is 1. The molecule has 0 bridgehead atoms. The van der Waals surface area contributed by atoms with E-state index >= 15 is 0 Å². The minimum absolute atomic E-state index is 0.432. The molecule has 3 fully saturated rings. The van der Waals surface area contributed by atoms with Crippen LogP contribution < -0.4 is 40.8 Å². The Morgan fingerprint density at radius 2 is 1.19 bits per heavy atom. The number of quaternary nitrogens is 1. The Morgan fingerprint density at radius 1 is 0.552 bits per heavy atom. The lowest BCUT2D eigenvalue weighted by Crippen LogP contribution is -2.62. The number of rotatable bonds is 16. The lowest BCUT2D eigenvalue weighted by Gasteiger charge is -2.49. The summed E-state index contributed by atoms with van der Waals surface area (Å²) in [6.07, 6.45) is 31.5. The molecule has 3 saturated heterocycles. The van der Waals surface area contributed by atoms with Gasteiger partial charge in [-0.05, 0) is 202 Å². The minimum Gasteiger partial charge on any atom is -0.441 e. The van der Waals surface area contributed by atoms with Crippen molar-refractivity contribution in [1.82, 2.24) is 9.25 Å². The van der Waals surface area contributed by atoms with Gasteiger partial charge in [-0.2, -0.15) is 23.0 Å². The highest BCUT2D eigenvalue weighted by Gasteiger charge is 2.61. The van der Waals surface area contributed by atoms with E-state index in [9.17, 15) is 0 Å². The highest BCUT2D eigenvalue weighted by Crippen LogP contribution is 2.52. The topological polar surface area (TPSA) is 64.1 Å². The Morgan fingerprint density at radius 3 is 1.73 bits per heavy atom. The monoisotopic (exact) mass is 1660 g/mol. The molecule has 16 rings (SSSR count). The molecule has 650 valence electrons. The van der Waals surface area contributed by atoms with Crippen molar-refractivity contribution in [2.45, 2.75) is 433 Å². The summed E-state index contributed by atoms with van der Waals surface area (Å²) < 4.78 is 37.2. The zero-order valence-corrected chi connectivity index (χ0v) is 82.8. The Kier molecular flexibility index (Phi) is 33.8. The van der Waals surface area contributed by atoms with Crippen molar-refractivity contribution in [3.63, 3.8) is 0 Å². The van der Waals surface area contributed by atoms with Crippen LogP contribution in [-0.4, -0.2) is 117 Å². The average Bonchev–Trinajstić information content (AvgIpc) is 1.55. The molecule has 0 N–H and O–H groups in total. The van der Waals surface area contributed by atoms with E-state index in [1.807, 2.05) is 34.4 Å². The van der Waals surface area contributed by atoms with E-state index in [4.69, 9.17) is 9.47 Å². The second-order valence-electron chi connectivity index (χ2n) is 40.2. The summed E-state index contributed by atoms with van der Waals surface area (Å²) in [6.45, 7) is 83.1. The Hall–Kier alpha value is -4.88. The van der Waals surface area contributed by atoms with Crippen molar-refractivity contribution < 1.29 is 49.4 Å². The predicted molar refractivity (Wildman–Crippen MR) is 490 cm³/mol. The van der Waals surface area contributed by atoms with Gasteiger partial charge in [-0.1, -0.05) is 94.4 Å². The third kappa shape index (κ3) is 20.7. The largest absolute Gasteiger partial charge is 0.441 e. The number of hydrogen-bond acceptors (Lipinski definition) is 7. The van der Waals surface area contributed by atoms with Gasteiger partial charge in [0.2, 0.25) is 22.6 Å². The fourth-order valence-electron chi connectivity index (χ4n) is 21.3. The number of imidazole rings is 1. The molecule has 1 unspecified atom stereocenters. The third-order valence-corrected chi connectivity index (χ3v) is 31.5. The summed E-state index contributed by atoms with van der Waals surface area (Å²) in [5.41, 5.74) is 16.1. The molecule has 3 aliphatic carbocycles. The van der Waals surface area contributed by atoms with Gasteiger partial charge < -0.3 is 23.8 Å². The molecule has 15 nitrogen and oxygen atoms in total. The molecule has 1 atom stereocenters. The first-order valence-corrected chi connectivity index (χ1v) is 49.4. The molecule has 13 heterocycles. The maximum Gasteiger partial charge on any atom is 0.392 e. The number of hydrogen-bond donors (Lipinski definition) is 0. The van der Waals surface area contributed by atoms with Gasteiger partial charge in [0.1, 0.15) is 48.7 Å².